The van der Waals surface area contributed by atoms with Crippen LogP contribution in [0.1, 0.15) is 51.9 Å². The molecular weight excluding hydrogens is 248 g/mol. The molecule has 0 bridgehead atoms. The van der Waals surface area contributed by atoms with Crippen molar-refractivity contribution >= 4 is 18.3 Å². The fourth-order valence-corrected chi connectivity index (χ4v) is 3.18. The van der Waals surface area contributed by atoms with Gasteiger partial charge >= 0.3 is 0 Å². The molecule has 0 spiro atoms. The van der Waals surface area contributed by atoms with E-state index in [1.54, 1.807) is 0 Å². The highest BCUT2D eigenvalue weighted by Gasteiger charge is 2.26. The summed E-state index contributed by atoms with van der Waals surface area (Å²) >= 11 is 0. The van der Waals surface area contributed by atoms with Gasteiger partial charge in [-0.3, -0.25) is 4.79 Å². The van der Waals surface area contributed by atoms with Crippen molar-refractivity contribution in [1.82, 2.24) is 10.2 Å². The molecule has 0 radical (unpaired) electrons. The van der Waals surface area contributed by atoms with Crippen molar-refractivity contribution in [1.29, 1.82) is 0 Å². The lowest BCUT2D eigenvalue weighted by atomic mass is 10.0. The molecule has 2 fully saturated rings. The third-order valence-corrected chi connectivity index (χ3v) is 4.29. The topological polar surface area (TPSA) is 32.3 Å². The molecule has 0 aromatic carbocycles. The molecule has 1 N–H and O–H groups in total. The highest BCUT2D eigenvalue weighted by atomic mass is 35.5. The molecule has 4 heteroatoms. The molecule has 0 aliphatic carbocycles. The van der Waals surface area contributed by atoms with E-state index >= 15 is 0 Å². The number of carbonyl (C=O) groups is 1. The number of hydrogen-bond acceptors (Lipinski definition) is 2. The van der Waals surface area contributed by atoms with Gasteiger partial charge in [0.2, 0.25) is 5.91 Å². The standard InChI is InChI=1S/C14H26N2O.ClH/c1-2-13-6-4-3-5-9-16(13)14(17)10-12-7-8-15-11-12;/h12-13,15H,2-11H2,1H3;1H. The summed E-state index contributed by atoms with van der Waals surface area (Å²) in [6, 6.07) is 0.513. The van der Waals surface area contributed by atoms with Crippen LogP contribution in [0.15, 0.2) is 0 Å². The number of carbonyl (C=O) groups excluding carboxylic acids is 1. The van der Waals surface area contributed by atoms with Gasteiger partial charge in [0.25, 0.3) is 0 Å². The molecule has 0 aromatic heterocycles. The van der Waals surface area contributed by atoms with Gasteiger partial charge in [0.1, 0.15) is 0 Å². The van der Waals surface area contributed by atoms with Crippen molar-refractivity contribution < 1.29 is 4.79 Å². The maximum atomic E-state index is 12.4. The lowest BCUT2D eigenvalue weighted by Crippen LogP contribution is -2.40. The highest BCUT2D eigenvalue weighted by molar-refractivity contribution is 5.85. The Hall–Kier alpha value is -0.280. The third-order valence-electron chi connectivity index (χ3n) is 4.29. The minimum Gasteiger partial charge on any atom is -0.340 e. The number of amides is 1. The van der Waals surface area contributed by atoms with Crippen LogP contribution in [-0.2, 0) is 4.79 Å². The van der Waals surface area contributed by atoms with Crippen LogP contribution in [0.5, 0.6) is 0 Å². The molecular formula is C14H27ClN2O. The Labute approximate surface area is 117 Å². The van der Waals surface area contributed by atoms with E-state index in [0.717, 1.165) is 32.5 Å². The monoisotopic (exact) mass is 274 g/mol. The van der Waals surface area contributed by atoms with Crippen LogP contribution >= 0.6 is 12.4 Å². The zero-order chi connectivity index (χ0) is 12.1. The first-order valence-electron chi connectivity index (χ1n) is 7.31. The SMILES string of the molecule is CCC1CCCCCN1C(=O)CC1CCNC1.Cl. The fourth-order valence-electron chi connectivity index (χ4n) is 3.18. The predicted octanol–water partition coefficient (Wildman–Crippen LogP) is 2.59. The van der Waals surface area contributed by atoms with Crippen molar-refractivity contribution in [3.05, 3.63) is 0 Å². The normalized spacial score (nSPS) is 28.6. The Bertz CT molecular complexity index is 254. The first-order valence-corrected chi connectivity index (χ1v) is 7.31. The summed E-state index contributed by atoms with van der Waals surface area (Å²) < 4.78 is 0. The number of halogens is 1. The highest BCUT2D eigenvalue weighted by Crippen LogP contribution is 2.22. The first kappa shape index (κ1) is 15.8. The average molecular weight is 275 g/mol. The second-order valence-corrected chi connectivity index (χ2v) is 5.56. The molecule has 2 atom stereocenters. The molecule has 18 heavy (non-hydrogen) atoms. The van der Waals surface area contributed by atoms with Gasteiger partial charge in [0.05, 0.1) is 0 Å². The molecule has 3 nitrogen and oxygen atoms in total. The molecule has 0 aromatic rings. The fraction of sp³-hybridized carbons (Fsp3) is 0.929. The second kappa shape index (κ2) is 8.00. The second-order valence-electron chi connectivity index (χ2n) is 5.56. The summed E-state index contributed by atoms with van der Waals surface area (Å²) in [6.45, 7) is 5.34. The molecule has 2 rings (SSSR count). The van der Waals surface area contributed by atoms with Gasteiger partial charge in [-0.15, -0.1) is 12.4 Å². The molecule has 2 aliphatic heterocycles. The molecule has 0 saturated carbocycles. The quantitative estimate of drug-likeness (QED) is 0.858. The summed E-state index contributed by atoms with van der Waals surface area (Å²) in [6.07, 6.45) is 8.07. The zero-order valence-corrected chi connectivity index (χ0v) is 12.3. The Morgan fingerprint density at radius 3 is 2.78 bits per heavy atom. The van der Waals surface area contributed by atoms with E-state index in [-0.39, 0.29) is 12.4 Å². The van der Waals surface area contributed by atoms with E-state index in [0.29, 0.717) is 17.9 Å². The van der Waals surface area contributed by atoms with Crippen molar-refractivity contribution in [3.63, 3.8) is 0 Å². The van der Waals surface area contributed by atoms with E-state index < -0.39 is 0 Å². The van der Waals surface area contributed by atoms with Gasteiger partial charge in [0.15, 0.2) is 0 Å². The number of likely N-dealkylation sites (tertiary alicyclic amines) is 1. The summed E-state index contributed by atoms with van der Waals surface area (Å²) in [5.41, 5.74) is 0. The molecule has 1 amide bonds. The molecule has 106 valence electrons. The van der Waals surface area contributed by atoms with Gasteiger partial charge in [0, 0.05) is 19.0 Å². The summed E-state index contributed by atoms with van der Waals surface area (Å²) in [5, 5.41) is 3.35. The third kappa shape index (κ3) is 4.13. The van der Waals surface area contributed by atoms with E-state index in [1.165, 1.54) is 32.1 Å². The average Bonchev–Trinajstić information content (AvgIpc) is 2.71. The van der Waals surface area contributed by atoms with E-state index in [4.69, 9.17) is 0 Å². The van der Waals surface area contributed by atoms with Crippen LogP contribution in [0.3, 0.4) is 0 Å². The summed E-state index contributed by atoms with van der Waals surface area (Å²) in [4.78, 5) is 14.6. The van der Waals surface area contributed by atoms with Gasteiger partial charge in [-0.1, -0.05) is 19.8 Å². The maximum Gasteiger partial charge on any atom is 0.223 e. The van der Waals surface area contributed by atoms with Crippen LogP contribution in [0.4, 0.5) is 0 Å². The van der Waals surface area contributed by atoms with Crippen molar-refractivity contribution in [2.45, 2.75) is 57.9 Å². The first-order chi connectivity index (χ1) is 8.31. The molecule has 2 unspecified atom stereocenters. The Kier molecular flexibility index (Phi) is 7.02. The van der Waals surface area contributed by atoms with Crippen molar-refractivity contribution in [2.75, 3.05) is 19.6 Å². The Morgan fingerprint density at radius 2 is 2.11 bits per heavy atom. The van der Waals surface area contributed by atoms with Crippen LogP contribution in [0.25, 0.3) is 0 Å². The van der Waals surface area contributed by atoms with Gasteiger partial charge in [-0.05, 0) is 44.7 Å². The number of nitrogens with one attached hydrogen (secondary N) is 1. The number of hydrogen-bond donors (Lipinski definition) is 1. The van der Waals surface area contributed by atoms with Crippen LogP contribution in [0, 0.1) is 5.92 Å². The smallest absolute Gasteiger partial charge is 0.223 e. The lowest BCUT2D eigenvalue weighted by molar-refractivity contribution is -0.134. The molecule has 2 aliphatic rings. The lowest BCUT2D eigenvalue weighted by Gasteiger charge is -2.30. The van der Waals surface area contributed by atoms with E-state index in [2.05, 4.69) is 17.1 Å². The van der Waals surface area contributed by atoms with Crippen molar-refractivity contribution in [2.24, 2.45) is 5.92 Å². The van der Waals surface area contributed by atoms with Crippen LogP contribution < -0.4 is 5.32 Å². The predicted molar refractivity (Wildman–Crippen MR) is 77.1 cm³/mol. The Balaban J connectivity index is 0.00000162. The number of nitrogens with zero attached hydrogens (tertiary/aromatic N) is 1. The van der Waals surface area contributed by atoms with Gasteiger partial charge < -0.3 is 10.2 Å². The van der Waals surface area contributed by atoms with Gasteiger partial charge in [-0.25, -0.2) is 0 Å². The minimum absolute atomic E-state index is 0. The van der Waals surface area contributed by atoms with E-state index in [1.807, 2.05) is 0 Å². The zero-order valence-electron chi connectivity index (χ0n) is 11.5. The number of rotatable bonds is 3. The van der Waals surface area contributed by atoms with Gasteiger partial charge in [-0.2, -0.15) is 0 Å². The maximum absolute atomic E-state index is 12.4. The van der Waals surface area contributed by atoms with E-state index in [9.17, 15) is 4.79 Å². The summed E-state index contributed by atoms with van der Waals surface area (Å²) in [7, 11) is 0. The largest absolute Gasteiger partial charge is 0.340 e. The van der Waals surface area contributed by atoms with Crippen molar-refractivity contribution in [3.8, 4) is 0 Å². The molecule has 2 heterocycles. The van der Waals surface area contributed by atoms with Crippen LogP contribution in [-0.4, -0.2) is 36.5 Å². The van der Waals surface area contributed by atoms with Crippen LogP contribution in [0.2, 0.25) is 0 Å². The minimum atomic E-state index is 0. The molecule has 2 saturated heterocycles. The Morgan fingerprint density at radius 1 is 1.28 bits per heavy atom. The summed E-state index contributed by atoms with van der Waals surface area (Å²) in [5.74, 6) is 0.996.